The molecule has 87 heavy (non-hydrogen) atoms. The first-order valence-corrected chi connectivity index (χ1v) is 29.0. The van der Waals surface area contributed by atoms with Crippen LogP contribution in [0.2, 0.25) is 0 Å². The molecule has 0 N–H and O–H groups in total. The first-order chi connectivity index (χ1) is 40.3. The molecule has 0 bridgehead atoms. The molecule has 0 atom stereocenters. The minimum atomic E-state index is -5.69. The number of hydrogen-bond acceptors (Lipinski definition) is 8. The number of carbonyl (C=O) groups excluding carboxylic acids is 1. The summed E-state index contributed by atoms with van der Waals surface area (Å²) >= 11 is 0. The predicted octanol–water partition coefficient (Wildman–Crippen LogP) is 17.1. The molecule has 4 aromatic carbocycles. The van der Waals surface area contributed by atoms with Crippen LogP contribution in [0.4, 0.5) is 52.7 Å². The maximum absolute atomic E-state index is 13.8. The molecule has 1 fully saturated rings. The number of aryl methyl sites for hydroxylation is 6. The largest absolute Gasteiger partial charge is 0.495 e. The van der Waals surface area contributed by atoms with Crippen LogP contribution in [0.25, 0.3) is 11.1 Å². The van der Waals surface area contributed by atoms with Crippen molar-refractivity contribution >= 4 is 18.4 Å². The van der Waals surface area contributed by atoms with Crippen molar-refractivity contribution in [2.45, 2.75) is 206 Å². The van der Waals surface area contributed by atoms with Crippen LogP contribution in [0, 0.1) is 27.7 Å². The van der Waals surface area contributed by atoms with Gasteiger partial charge in [0.25, 0.3) is 11.2 Å². The SMILES string of the molecule is CCC(CC)(c1ccc(CCC(OCOC)(C(F)(F)F)C(F)(F)F)c(C)c1)c1ccc(-c2cncc(CC(C)=O)c2)c(C)c1.CCC(CC)(c1ccc(CCC(OCOC)(C(F)(F)F)C(F)(F)F)c(C)c1)c1ccc(B2OC(C)(C)C(C)(C)O2)c(C)c1. The van der Waals surface area contributed by atoms with E-state index in [1.807, 2.05) is 84.0 Å². The molecule has 0 saturated carbocycles. The number of methoxy groups -OCH3 is 2. The zero-order valence-corrected chi connectivity index (χ0v) is 52.4. The highest BCUT2D eigenvalue weighted by molar-refractivity contribution is 6.62. The standard InChI is InChI=1S/C34H39F6NO3.C32H43BF6O4/c1-7-31(8-2,29-11-12-30(23(4)16-29)27-18-25(17-24(5)42)19-41-20-27)28-10-9-26(22(3)15-28)13-14-32(33(35,36)37,34(38,39)40)44-21-43-6;1-10-29(11-2,25-14-15-26(22(4)19-25)33-42-27(5,6)28(7,8)43-33)24-13-12-23(21(3)18-24)16-17-30(31(34,35)36,32(37,38)39)41-20-40-9/h9-12,15-16,18-20H,7-8,13-14,17,21H2,1-6H3;12-15,18-19H,10-11,16-17,20H2,1-9H3. The summed E-state index contributed by atoms with van der Waals surface area (Å²) in [5.41, 5.74) is 1.08. The summed E-state index contributed by atoms with van der Waals surface area (Å²) in [6, 6.07) is 24.9. The van der Waals surface area contributed by atoms with Gasteiger partial charge in [-0.25, -0.2) is 0 Å². The quantitative estimate of drug-likeness (QED) is 0.0343. The number of ether oxygens (including phenoxy) is 4. The number of halogens is 12. The Morgan fingerprint density at radius 3 is 1.22 bits per heavy atom. The summed E-state index contributed by atoms with van der Waals surface area (Å²) in [5, 5.41) is 0. The minimum absolute atomic E-state index is 0.0486. The van der Waals surface area contributed by atoms with Gasteiger partial charge in [-0.3, -0.25) is 9.78 Å². The molecule has 1 saturated heterocycles. The average Bonchev–Trinajstić information content (AvgIpc) is 1.27. The fraction of sp³-hybridized carbons (Fsp3) is 0.545. The first-order valence-electron chi connectivity index (χ1n) is 29.0. The highest BCUT2D eigenvalue weighted by Crippen LogP contribution is 2.51. The molecule has 480 valence electrons. The third-order valence-corrected chi connectivity index (χ3v) is 18.0. The monoisotopic (exact) mass is 1240 g/mol. The summed E-state index contributed by atoms with van der Waals surface area (Å²) in [6.07, 6.45) is -19.7. The Morgan fingerprint density at radius 2 is 0.885 bits per heavy atom. The number of Topliss-reactive ketones (excluding diaryl/α,β-unsaturated/α-hetero) is 1. The Labute approximate surface area is 504 Å². The highest BCUT2D eigenvalue weighted by atomic mass is 19.4. The molecule has 1 aromatic heterocycles. The lowest BCUT2D eigenvalue weighted by atomic mass is 9.67. The van der Waals surface area contributed by atoms with Gasteiger partial charge in [-0.05, 0) is 186 Å². The van der Waals surface area contributed by atoms with E-state index in [-0.39, 0.29) is 5.78 Å². The van der Waals surface area contributed by atoms with E-state index >= 15 is 0 Å². The second-order valence-corrected chi connectivity index (χ2v) is 23.8. The Bertz CT molecular complexity index is 3080. The molecule has 0 spiro atoms. The van der Waals surface area contributed by atoms with Gasteiger partial charge in [0.2, 0.25) is 0 Å². The third-order valence-electron chi connectivity index (χ3n) is 18.0. The second kappa shape index (κ2) is 27.8. The molecule has 6 rings (SSSR count). The fourth-order valence-corrected chi connectivity index (χ4v) is 11.8. The molecule has 1 aliphatic rings. The van der Waals surface area contributed by atoms with Crippen molar-refractivity contribution in [3.05, 3.63) is 152 Å². The van der Waals surface area contributed by atoms with Crippen molar-refractivity contribution in [2.24, 2.45) is 0 Å². The number of benzene rings is 4. The van der Waals surface area contributed by atoms with Crippen molar-refractivity contribution in [1.82, 2.24) is 4.98 Å². The van der Waals surface area contributed by atoms with Crippen LogP contribution in [0.5, 0.6) is 0 Å². The summed E-state index contributed by atoms with van der Waals surface area (Å²) in [6.45, 7) is 22.9. The summed E-state index contributed by atoms with van der Waals surface area (Å²) in [5.74, 6) is 0.0486. The number of pyridine rings is 1. The molecule has 0 unspecified atom stereocenters. The van der Waals surface area contributed by atoms with E-state index in [2.05, 4.69) is 69.8 Å². The lowest BCUT2D eigenvalue weighted by Crippen LogP contribution is -2.59. The van der Waals surface area contributed by atoms with Crippen LogP contribution >= 0.6 is 0 Å². The number of nitrogens with zero attached hydrogens (tertiary/aromatic N) is 1. The van der Waals surface area contributed by atoms with Crippen molar-refractivity contribution in [3.63, 3.8) is 0 Å². The van der Waals surface area contributed by atoms with Gasteiger partial charge in [0.1, 0.15) is 19.4 Å². The number of hydrogen-bond donors (Lipinski definition) is 0. The van der Waals surface area contributed by atoms with E-state index in [0.29, 0.717) is 41.5 Å². The van der Waals surface area contributed by atoms with Gasteiger partial charge < -0.3 is 28.3 Å². The molecular weight excluding hydrogens is 1160 g/mol. The van der Waals surface area contributed by atoms with E-state index in [1.54, 1.807) is 44.4 Å². The van der Waals surface area contributed by atoms with Crippen LogP contribution in [-0.2, 0) is 63.1 Å². The maximum atomic E-state index is 13.8. The smallest absolute Gasteiger partial charge is 0.399 e. The molecule has 8 nitrogen and oxygen atoms in total. The normalized spacial score (nSPS) is 15.2. The molecule has 1 aliphatic heterocycles. The topological polar surface area (TPSA) is 85.3 Å². The van der Waals surface area contributed by atoms with Crippen LogP contribution in [0.1, 0.15) is 162 Å². The molecular formula is C66H82BF12NO7. The Balaban J connectivity index is 0.000000317. The maximum Gasteiger partial charge on any atom is 0.495 e. The van der Waals surface area contributed by atoms with Crippen molar-refractivity contribution in [1.29, 1.82) is 0 Å². The average molecular weight is 1240 g/mol. The van der Waals surface area contributed by atoms with Gasteiger partial charge >= 0.3 is 31.8 Å². The van der Waals surface area contributed by atoms with E-state index < -0.39 is 104 Å². The van der Waals surface area contributed by atoms with E-state index in [9.17, 15) is 57.5 Å². The van der Waals surface area contributed by atoms with E-state index in [4.69, 9.17) is 9.31 Å². The van der Waals surface area contributed by atoms with Gasteiger partial charge in [-0.15, -0.1) is 0 Å². The van der Waals surface area contributed by atoms with E-state index in [0.717, 1.165) is 82.6 Å². The molecule has 2 heterocycles. The third kappa shape index (κ3) is 15.1. The van der Waals surface area contributed by atoms with Crippen molar-refractivity contribution in [2.75, 3.05) is 27.8 Å². The first kappa shape index (κ1) is 72.4. The van der Waals surface area contributed by atoms with Gasteiger partial charge in [0, 0.05) is 49.4 Å². The molecule has 21 heteroatoms. The van der Waals surface area contributed by atoms with Crippen LogP contribution < -0.4 is 5.46 Å². The second-order valence-electron chi connectivity index (χ2n) is 23.8. The lowest BCUT2D eigenvalue weighted by Gasteiger charge is -2.37. The van der Waals surface area contributed by atoms with Crippen molar-refractivity contribution < 1.29 is 85.7 Å². The van der Waals surface area contributed by atoms with Gasteiger partial charge in [0.05, 0.1) is 11.2 Å². The summed E-state index contributed by atoms with van der Waals surface area (Å²) in [4.78, 5) is 15.9. The van der Waals surface area contributed by atoms with Gasteiger partial charge in [-0.1, -0.05) is 106 Å². The van der Waals surface area contributed by atoms with Crippen molar-refractivity contribution in [3.8, 4) is 11.1 Å². The molecule has 5 aromatic rings. The molecule has 0 radical (unpaired) electrons. The lowest BCUT2D eigenvalue weighted by molar-refractivity contribution is -0.394. The van der Waals surface area contributed by atoms with Crippen LogP contribution in [-0.4, -0.2) is 92.8 Å². The molecule has 0 amide bonds. The number of carbonyl (C=O) groups is 1. The van der Waals surface area contributed by atoms with Gasteiger partial charge in [0.15, 0.2) is 0 Å². The summed E-state index contributed by atoms with van der Waals surface area (Å²) in [7, 11) is 1.43. The van der Waals surface area contributed by atoms with E-state index in [1.165, 1.54) is 6.92 Å². The number of alkyl halides is 12. The Kier molecular flexibility index (Phi) is 23.2. The number of aromatic nitrogens is 1. The number of ketones is 1. The van der Waals surface area contributed by atoms with Crippen LogP contribution in [0.15, 0.2) is 91.3 Å². The summed E-state index contributed by atoms with van der Waals surface area (Å²) < 4.78 is 196. The predicted molar refractivity (Wildman–Crippen MR) is 313 cm³/mol. The minimum Gasteiger partial charge on any atom is -0.399 e. The zero-order chi connectivity index (χ0) is 65.6. The molecule has 0 aliphatic carbocycles. The highest BCUT2D eigenvalue weighted by Gasteiger charge is 2.73. The van der Waals surface area contributed by atoms with Gasteiger partial charge in [-0.2, -0.15) is 52.7 Å². The Morgan fingerprint density at radius 1 is 0.517 bits per heavy atom. The number of rotatable bonds is 24. The Hall–Kier alpha value is -5.32. The zero-order valence-electron chi connectivity index (χ0n) is 52.4. The van der Waals surface area contributed by atoms with Crippen LogP contribution in [0.3, 0.4) is 0 Å². The fourth-order valence-electron chi connectivity index (χ4n) is 11.8.